The van der Waals surface area contributed by atoms with Crippen LogP contribution in [-0.2, 0) is 28.6 Å². The first-order chi connectivity index (χ1) is 29.5. The Labute approximate surface area is 369 Å². The molecule has 8 heteroatoms. The molecule has 1 aliphatic rings. The first-order valence-electron chi connectivity index (χ1n) is 25.0. The summed E-state index contributed by atoms with van der Waals surface area (Å²) in [6, 6.07) is 0. The number of carbonyl (C=O) groups excluding carboxylic acids is 3. The molecule has 1 rings (SSSR count). The van der Waals surface area contributed by atoms with E-state index in [0.29, 0.717) is 19.3 Å². The number of hydrogen-bond donors (Lipinski definition) is 0. The van der Waals surface area contributed by atoms with Gasteiger partial charge in [0.05, 0.1) is 5.92 Å². The van der Waals surface area contributed by atoms with E-state index in [4.69, 9.17) is 14.2 Å². The van der Waals surface area contributed by atoms with Crippen molar-refractivity contribution in [1.29, 1.82) is 0 Å². The van der Waals surface area contributed by atoms with E-state index < -0.39 is 0 Å². The van der Waals surface area contributed by atoms with Gasteiger partial charge >= 0.3 is 17.9 Å². The number of hydrogen-bond acceptors (Lipinski definition) is 8. The average Bonchev–Trinajstić information content (AvgIpc) is 3.26. The molecular weight excluding hydrogens is 749 g/mol. The van der Waals surface area contributed by atoms with Gasteiger partial charge in [-0.3, -0.25) is 14.4 Å². The average molecular weight is 841 g/mol. The molecule has 0 aromatic rings. The minimum Gasteiger partial charge on any atom is -0.465 e. The van der Waals surface area contributed by atoms with Crippen LogP contribution in [0.3, 0.4) is 0 Å². The summed E-state index contributed by atoms with van der Waals surface area (Å²) in [5.41, 5.74) is 0. The van der Waals surface area contributed by atoms with E-state index in [1.807, 2.05) is 0 Å². The van der Waals surface area contributed by atoms with Crippen LogP contribution in [0, 0.1) is 5.92 Å². The topological polar surface area (TPSA) is 85.4 Å². The van der Waals surface area contributed by atoms with E-state index in [2.05, 4.69) is 79.2 Å². The van der Waals surface area contributed by atoms with Gasteiger partial charge in [0.1, 0.15) is 19.8 Å². The molecular formula is C52H92N2O6. The molecule has 0 amide bonds. The van der Waals surface area contributed by atoms with Gasteiger partial charge in [0.15, 0.2) is 0 Å². The molecule has 0 atom stereocenters. The Morgan fingerprint density at radius 3 is 1.13 bits per heavy atom. The molecule has 8 nitrogen and oxygen atoms in total. The molecule has 0 N–H and O–H groups in total. The first-order valence-corrected chi connectivity index (χ1v) is 25.0. The fourth-order valence-corrected chi connectivity index (χ4v) is 7.27. The zero-order valence-electron chi connectivity index (χ0n) is 39.2. The van der Waals surface area contributed by atoms with E-state index in [9.17, 15) is 14.4 Å². The van der Waals surface area contributed by atoms with Crippen molar-refractivity contribution in [1.82, 2.24) is 9.80 Å². The third-order valence-electron chi connectivity index (χ3n) is 11.4. The molecule has 0 aromatic heterocycles. The van der Waals surface area contributed by atoms with Crippen LogP contribution in [-0.4, -0.2) is 86.8 Å². The summed E-state index contributed by atoms with van der Waals surface area (Å²) in [5.74, 6) is -1.11. The molecule has 1 heterocycles. The van der Waals surface area contributed by atoms with Crippen LogP contribution in [0.2, 0.25) is 0 Å². The van der Waals surface area contributed by atoms with Gasteiger partial charge in [-0.25, -0.2) is 0 Å². The van der Waals surface area contributed by atoms with Crippen molar-refractivity contribution >= 4 is 17.9 Å². The van der Waals surface area contributed by atoms with Crippen LogP contribution < -0.4 is 0 Å². The molecule has 0 unspecified atom stereocenters. The predicted octanol–water partition coefficient (Wildman–Crippen LogP) is 13.1. The number of likely N-dealkylation sites (N-methyl/N-ethyl adjacent to an activating group) is 1. The van der Waals surface area contributed by atoms with Gasteiger partial charge in [0, 0.05) is 45.4 Å². The Hall–Kier alpha value is -2.71. The normalized spacial score (nSPS) is 14.1. The molecule has 0 saturated carbocycles. The number of rotatable bonds is 41. The Bertz CT molecular complexity index is 1060. The van der Waals surface area contributed by atoms with Gasteiger partial charge in [-0.05, 0) is 103 Å². The molecule has 0 aliphatic carbocycles. The highest BCUT2D eigenvalue weighted by molar-refractivity contribution is 5.70. The highest BCUT2D eigenvalue weighted by Crippen LogP contribution is 2.13. The van der Waals surface area contributed by atoms with E-state index >= 15 is 0 Å². The van der Waals surface area contributed by atoms with Crippen molar-refractivity contribution in [3.05, 3.63) is 48.6 Å². The monoisotopic (exact) mass is 841 g/mol. The lowest BCUT2D eigenvalue weighted by molar-refractivity contribution is -0.153. The van der Waals surface area contributed by atoms with Crippen LogP contribution in [0.1, 0.15) is 201 Å². The van der Waals surface area contributed by atoms with Gasteiger partial charge in [-0.1, -0.05) is 140 Å². The molecule has 1 saturated heterocycles. The fourth-order valence-electron chi connectivity index (χ4n) is 7.27. The summed E-state index contributed by atoms with van der Waals surface area (Å²) in [4.78, 5) is 42.9. The van der Waals surface area contributed by atoms with Crippen molar-refractivity contribution in [2.24, 2.45) is 5.92 Å². The maximum absolute atomic E-state index is 12.6. The summed E-state index contributed by atoms with van der Waals surface area (Å²) in [5, 5.41) is 0. The number of ether oxygens (including phenoxy) is 3. The fraction of sp³-hybridized carbons (Fsp3) is 0.788. The number of nitrogens with zero attached hydrogens (tertiary/aromatic N) is 2. The van der Waals surface area contributed by atoms with Gasteiger partial charge in [0.25, 0.3) is 0 Å². The molecule has 1 fully saturated rings. The van der Waals surface area contributed by atoms with Crippen LogP contribution in [0.5, 0.6) is 0 Å². The minimum absolute atomic E-state index is 0.0779. The first kappa shape index (κ1) is 55.3. The molecule has 0 bridgehead atoms. The quantitative estimate of drug-likeness (QED) is 0.0260. The van der Waals surface area contributed by atoms with Crippen LogP contribution in [0.15, 0.2) is 48.6 Å². The zero-order valence-corrected chi connectivity index (χ0v) is 39.2. The van der Waals surface area contributed by atoms with Gasteiger partial charge in [-0.2, -0.15) is 0 Å². The van der Waals surface area contributed by atoms with E-state index in [1.165, 1.54) is 64.2 Å². The second kappa shape index (κ2) is 43.0. The molecule has 0 spiro atoms. The summed E-state index contributed by atoms with van der Waals surface area (Å²) in [6.07, 6.45) is 47.1. The Morgan fingerprint density at radius 2 is 0.750 bits per heavy atom. The highest BCUT2D eigenvalue weighted by atomic mass is 16.6. The smallest absolute Gasteiger partial charge is 0.305 e. The van der Waals surface area contributed by atoms with E-state index in [-0.39, 0.29) is 43.6 Å². The number of piperazine rings is 1. The Balaban J connectivity index is 2.31. The van der Waals surface area contributed by atoms with Crippen molar-refractivity contribution < 1.29 is 28.6 Å². The number of esters is 3. The van der Waals surface area contributed by atoms with E-state index in [1.54, 1.807) is 0 Å². The molecule has 60 heavy (non-hydrogen) atoms. The standard InChI is InChI=1S/C52H92N2O6/c1-4-7-9-11-13-15-17-19-21-23-25-27-29-31-34-38-50(55)58-46-49(48-60-52(57)40-36-33-37-41-54-44-42-53(6-3)43-45-54)47-59-51(56)39-35-32-30-28-26-24-22-20-18-16-14-12-10-8-5-2/h13-16,19-22,49H,4-12,17-18,23-48H2,1-3H3/b15-13-,16-14-,21-19-,22-20-. The number of carbonyl (C=O) groups is 3. The van der Waals surface area contributed by atoms with Gasteiger partial charge in [0.2, 0.25) is 0 Å². The molecule has 0 radical (unpaired) electrons. The van der Waals surface area contributed by atoms with Crippen molar-refractivity contribution in [2.45, 2.75) is 201 Å². The molecule has 346 valence electrons. The minimum atomic E-state index is -0.377. The maximum atomic E-state index is 12.6. The third kappa shape index (κ3) is 37.1. The Kier molecular flexibility index (Phi) is 39.6. The zero-order chi connectivity index (χ0) is 43.4. The lowest BCUT2D eigenvalue weighted by Gasteiger charge is -2.33. The highest BCUT2D eigenvalue weighted by Gasteiger charge is 2.18. The second-order valence-electron chi connectivity index (χ2n) is 17.0. The lowest BCUT2D eigenvalue weighted by Crippen LogP contribution is -2.46. The van der Waals surface area contributed by atoms with E-state index in [0.717, 1.165) is 136 Å². The summed E-state index contributed by atoms with van der Waals surface area (Å²) in [7, 11) is 0. The third-order valence-corrected chi connectivity index (χ3v) is 11.4. The SMILES string of the molecule is CCCCC/C=C\C/C=C\CCCCCCCC(=O)OCC(COC(=O)CCCCCCC/C=C\C/C=C\CCCCC)COC(=O)CCCCCN1CCN(CC)CC1. The van der Waals surface area contributed by atoms with Crippen molar-refractivity contribution in [3.8, 4) is 0 Å². The Morgan fingerprint density at radius 1 is 0.417 bits per heavy atom. The largest absolute Gasteiger partial charge is 0.465 e. The molecule has 0 aromatic carbocycles. The predicted molar refractivity (Wildman–Crippen MR) is 252 cm³/mol. The van der Waals surface area contributed by atoms with Crippen LogP contribution >= 0.6 is 0 Å². The van der Waals surface area contributed by atoms with Crippen LogP contribution in [0.25, 0.3) is 0 Å². The number of unbranched alkanes of at least 4 members (excludes halogenated alkanes) is 18. The summed E-state index contributed by atoms with van der Waals surface area (Å²) >= 11 is 0. The summed E-state index contributed by atoms with van der Waals surface area (Å²) < 4.78 is 16.8. The molecule has 1 aliphatic heterocycles. The van der Waals surface area contributed by atoms with Gasteiger partial charge < -0.3 is 24.0 Å². The van der Waals surface area contributed by atoms with Crippen molar-refractivity contribution in [3.63, 3.8) is 0 Å². The number of allylic oxidation sites excluding steroid dienone is 8. The lowest BCUT2D eigenvalue weighted by atomic mass is 10.1. The van der Waals surface area contributed by atoms with Crippen molar-refractivity contribution in [2.75, 3.05) is 59.1 Å². The van der Waals surface area contributed by atoms with Crippen LogP contribution in [0.4, 0.5) is 0 Å². The van der Waals surface area contributed by atoms with Gasteiger partial charge in [-0.15, -0.1) is 0 Å². The maximum Gasteiger partial charge on any atom is 0.305 e. The summed E-state index contributed by atoms with van der Waals surface area (Å²) in [6.45, 7) is 13.7. The second-order valence-corrected chi connectivity index (χ2v) is 17.0.